The van der Waals surface area contributed by atoms with Crippen molar-refractivity contribution in [1.29, 1.82) is 0 Å². The molecule has 8 nitrogen and oxygen atoms in total. The highest BCUT2D eigenvalue weighted by Crippen LogP contribution is 2.40. The van der Waals surface area contributed by atoms with Crippen molar-refractivity contribution in [3.8, 4) is 0 Å². The largest absolute Gasteiger partial charge is 0.480 e. The number of nitrogens with one attached hydrogen (secondary N) is 1. The Hall–Kier alpha value is -3.32. The van der Waals surface area contributed by atoms with Gasteiger partial charge in [0.15, 0.2) is 22.5 Å². The number of hydrogen-bond donors (Lipinski definition) is 3. The van der Waals surface area contributed by atoms with E-state index in [0.717, 1.165) is 28.4 Å². The summed E-state index contributed by atoms with van der Waals surface area (Å²) in [6.45, 7) is -0.0175. The van der Waals surface area contributed by atoms with Crippen LogP contribution in [0.2, 0.25) is 0 Å². The van der Waals surface area contributed by atoms with E-state index in [2.05, 4.69) is 15.3 Å². The topological polar surface area (TPSA) is 115 Å². The van der Waals surface area contributed by atoms with Gasteiger partial charge >= 0.3 is 11.9 Å². The Balaban J connectivity index is 1.87. The van der Waals surface area contributed by atoms with Gasteiger partial charge < -0.3 is 15.5 Å². The molecule has 4 rings (SSSR count). The van der Waals surface area contributed by atoms with Gasteiger partial charge in [0, 0.05) is 30.2 Å². The molecule has 13 heteroatoms. The highest BCUT2D eigenvalue weighted by molar-refractivity contribution is 7.11. The van der Waals surface area contributed by atoms with Gasteiger partial charge in [-0.1, -0.05) is 6.07 Å². The Kier molecular flexibility index (Phi) is 5.94. The van der Waals surface area contributed by atoms with E-state index in [0.29, 0.717) is 5.01 Å². The predicted octanol–water partition coefficient (Wildman–Crippen LogP) is 2.82. The molecule has 2 aliphatic heterocycles. The molecular weight excluding hydrogens is 480 g/mol. The number of carbonyl (C=O) groups is 2. The maximum atomic E-state index is 14.1. The molecule has 0 saturated carbocycles. The van der Waals surface area contributed by atoms with Gasteiger partial charge in [0.2, 0.25) is 0 Å². The lowest BCUT2D eigenvalue weighted by molar-refractivity contribution is -0.142. The Morgan fingerprint density at radius 1 is 1.26 bits per heavy atom. The van der Waals surface area contributed by atoms with Crippen LogP contribution in [0, 0.1) is 11.6 Å². The van der Waals surface area contributed by atoms with Gasteiger partial charge in [-0.2, -0.15) is 0 Å². The smallest absolute Gasteiger partial charge is 0.336 e. The van der Waals surface area contributed by atoms with Crippen molar-refractivity contribution in [3.63, 3.8) is 0 Å². The fraction of sp³-hybridized carbons (Fsp3) is 0.333. The van der Waals surface area contributed by atoms with Crippen LogP contribution in [-0.2, 0) is 15.1 Å². The van der Waals surface area contributed by atoms with Gasteiger partial charge in [0.25, 0.3) is 5.92 Å². The van der Waals surface area contributed by atoms with Crippen LogP contribution in [-0.4, -0.2) is 62.9 Å². The first-order valence-electron chi connectivity index (χ1n) is 9.95. The van der Waals surface area contributed by atoms with E-state index in [1.165, 1.54) is 19.2 Å². The summed E-state index contributed by atoms with van der Waals surface area (Å²) in [7, 11) is 0. The number of amidine groups is 1. The first-order chi connectivity index (χ1) is 15.9. The van der Waals surface area contributed by atoms with Gasteiger partial charge in [-0.15, -0.1) is 11.3 Å². The van der Waals surface area contributed by atoms with Crippen molar-refractivity contribution in [1.82, 2.24) is 15.2 Å². The zero-order chi connectivity index (χ0) is 24.8. The quantitative estimate of drug-likeness (QED) is 0.525. The number of thiazole rings is 1. The third-order valence-corrected chi connectivity index (χ3v) is 6.52. The van der Waals surface area contributed by atoms with E-state index in [-0.39, 0.29) is 17.1 Å². The zero-order valence-electron chi connectivity index (χ0n) is 17.6. The van der Waals surface area contributed by atoms with Gasteiger partial charge in [-0.05, 0) is 24.6 Å². The summed E-state index contributed by atoms with van der Waals surface area (Å²) < 4.78 is 55.8. The second kappa shape index (κ2) is 8.47. The zero-order valence-corrected chi connectivity index (χ0v) is 18.4. The fourth-order valence-corrected chi connectivity index (χ4v) is 4.79. The fourth-order valence-electron chi connectivity index (χ4n) is 4.21. The van der Waals surface area contributed by atoms with E-state index < -0.39 is 66.2 Å². The number of benzene rings is 1. The molecule has 2 aromatic rings. The monoisotopic (exact) mass is 498 g/mol. The Labute approximate surface area is 194 Å². The Morgan fingerprint density at radius 3 is 2.59 bits per heavy atom. The van der Waals surface area contributed by atoms with Crippen LogP contribution in [0.1, 0.15) is 23.9 Å². The number of aromatic nitrogens is 1. The molecule has 1 aromatic heterocycles. The highest BCUT2D eigenvalue weighted by atomic mass is 32.1. The number of nitrogens with zero attached hydrogens (tertiary/aromatic N) is 3. The van der Waals surface area contributed by atoms with Crippen molar-refractivity contribution >= 4 is 29.1 Å². The number of aliphatic carboxylic acids is 2. The number of carboxylic acids is 2. The summed E-state index contributed by atoms with van der Waals surface area (Å²) in [5.41, 5.74) is -2.30. The summed E-state index contributed by atoms with van der Waals surface area (Å²) in [6, 6.07) is 1.28. The molecule has 1 saturated heterocycles. The van der Waals surface area contributed by atoms with Crippen molar-refractivity contribution in [2.75, 3.05) is 13.1 Å². The molecule has 1 aromatic carbocycles. The van der Waals surface area contributed by atoms with Crippen LogP contribution in [0.15, 0.2) is 46.0 Å². The lowest BCUT2D eigenvalue weighted by atomic mass is 9.82. The lowest BCUT2D eigenvalue weighted by Gasteiger charge is -2.35. The van der Waals surface area contributed by atoms with E-state index in [1.54, 1.807) is 5.38 Å². The minimum absolute atomic E-state index is 0.00149. The number of hydrogen-bond acceptors (Lipinski definition) is 7. The molecule has 1 fully saturated rings. The first kappa shape index (κ1) is 23.8. The Bertz CT molecular complexity index is 1220. The second-order valence-electron chi connectivity index (χ2n) is 8.10. The molecule has 3 N–H and O–H groups in total. The second-order valence-corrected chi connectivity index (χ2v) is 9.00. The van der Waals surface area contributed by atoms with Gasteiger partial charge in [-0.3, -0.25) is 9.69 Å². The molecule has 180 valence electrons. The van der Waals surface area contributed by atoms with E-state index in [9.17, 15) is 37.4 Å². The van der Waals surface area contributed by atoms with Crippen LogP contribution in [0.25, 0.3) is 0 Å². The Morgan fingerprint density at radius 2 is 2.00 bits per heavy atom. The first-order valence-corrected chi connectivity index (χ1v) is 10.8. The van der Waals surface area contributed by atoms with Gasteiger partial charge in [-0.25, -0.2) is 32.3 Å². The van der Waals surface area contributed by atoms with Crippen molar-refractivity contribution in [3.05, 3.63) is 63.3 Å². The summed E-state index contributed by atoms with van der Waals surface area (Å²) in [5, 5.41) is 24.3. The van der Waals surface area contributed by atoms with E-state index in [1.807, 2.05) is 0 Å². The average molecular weight is 498 g/mol. The molecule has 0 aliphatic carbocycles. The SMILES string of the molecule is C[C@]1(c2ccc(F)c(F)c2)N=C(c2nccs2)NC(CN2CC(F)(F)C[C@H]2C(=O)O)=C1C(=O)O. The molecule has 0 amide bonds. The van der Waals surface area contributed by atoms with Crippen LogP contribution in [0.5, 0.6) is 0 Å². The normalized spacial score (nSPS) is 24.6. The van der Waals surface area contributed by atoms with Crippen LogP contribution in [0.3, 0.4) is 0 Å². The number of likely N-dealkylation sites (tertiary alicyclic amines) is 1. The van der Waals surface area contributed by atoms with E-state index >= 15 is 0 Å². The maximum Gasteiger partial charge on any atom is 0.336 e. The molecule has 2 aliphatic rings. The summed E-state index contributed by atoms with van der Waals surface area (Å²) in [6.07, 6.45) is 0.544. The van der Waals surface area contributed by atoms with Crippen molar-refractivity contribution in [2.24, 2.45) is 4.99 Å². The maximum absolute atomic E-state index is 14.1. The molecule has 0 unspecified atom stereocenters. The predicted molar refractivity (Wildman–Crippen MR) is 113 cm³/mol. The van der Waals surface area contributed by atoms with Gasteiger partial charge in [0.1, 0.15) is 11.6 Å². The van der Waals surface area contributed by atoms with Crippen molar-refractivity contribution in [2.45, 2.75) is 30.8 Å². The van der Waals surface area contributed by atoms with Crippen LogP contribution >= 0.6 is 11.3 Å². The lowest BCUT2D eigenvalue weighted by Crippen LogP contribution is -2.46. The average Bonchev–Trinajstić information content (AvgIpc) is 3.37. The standard InChI is InChI=1S/C21H18F4N4O4S/c1-20(10-2-3-11(22)12(23)6-10)15(19(32)33)13(27-16(28-20)17-26-4-5-34-17)8-29-9-21(24,25)7-14(29)18(30)31/h2-6,14H,7-9H2,1H3,(H,27,28)(H,30,31)(H,32,33)/t14-,20+/m0/s1. The minimum Gasteiger partial charge on any atom is -0.480 e. The third kappa shape index (κ3) is 4.28. The van der Waals surface area contributed by atoms with Crippen LogP contribution in [0.4, 0.5) is 17.6 Å². The molecule has 34 heavy (non-hydrogen) atoms. The third-order valence-electron chi connectivity index (χ3n) is 5.74. The number of carboxylic acid groups (broad SMARTS) is 2. The molecule has 0 spiro atoms. The summed E-state index contributed by atoms with van der Waals surface area (Å²) in [4.78, 5) is 33.5. The van der Waals surface area contributed by atoms with Crippen LogP contribution < -0.4 is 5.32 Å². The molecule has 0 radical (unpaired) electrons. The number of alkyl halides is 2. The molecular formula is C21H18F4N4O4S. The molecule has 0 bridgehead atoms. The van der Waals surface area contributed by atoms with E-state index in [4.69, 9.17) is 0 Å². The minimum atomic E-state index is -3.28. The summed E-state index contributed by atoms with van der Waals surface area (Å²) in [5.74, 6) is -8.52. The number of halogens is 4. The van der Waals surface area contributed by atoms with Crippen molar-refractivity contribution < 1.29 is 37.4 Å². The number of aliphatic imine (C=N–C) groups is 1. The molecule has 2 atom stereocenters. The number of rotatable bonds is 6. The summed E-state index contributed by atoms with van der Waals surface area (Å²) >= 11 is 1.15. The molecule has 3 heterocycles. The van der Waals surface area contributed by atoms with Gasteiger partial charge in [0.05, 0.1) is 12.1 Å². The highest BCUT2D eigenvalue weighted by Gasteiger charge is 2.50.